The average Bonchev–Trinajstić information content (AvgIpc) is 3.34. The first-order valence-electron chi connectivity index (χ1n) is 11.3. The summed E-state index contributed by atoms with van der Waals surface area (Å²) in [4.78, 5) is 12.7. The van der Waals surface area contributed by atoms with Crippen molar-refractivity contribution in [3.8, 4) is 0 Å². The number of fused-ring (bicyclic) bond motifs is 2. The molecule has 0 aromatic carbocycles. The van der Waals surface area contributed by atoms with Crippen LogP contribution in [0.1, 0.15) is 71.6 Å². The molecule has 0 bridgehead atoms. The molecule has 5 aliphatic rings. The van der Waals surface area contributed by atoms with Gasteiger partial charge in [-0.15, -0.1) is 0 Å². The highest BCUT2D eigenvalue weighted by atomic mass is 16.6. The molecule has 0 unspecified atom stereocenters. The molecule has 7 atom stereocenters. The van der Waals surface area contributed by atoms with E-state index in [1.807, 2.05) is 0 Å². The van der Waals surface area contributed by atoms with Gasteiger partial charge in [0.25, 0.3) is 0 Å². The molecule has 2 aliphatic heterocycles. The smallest absolute Gasteiger partial charge is 0.311 e. The number of esters is 1. The van der Waals surface area contributed by atoms with Crippen molar-refractivity contribution in [2.45, 2.75) is 89.4 Å². The second-order valence-corrected chi connectivity index (χ2v) is 10.1. The lowest BCUT2D eigenvalue weighted by Gasteiger charge is -2.48. The molecule has 0 amide bonds. The number of rotatable bonds is 5. The maximum atomic E-state index is 12.7. The first-order valence-corrected chi connectivity index (χ1v) is 11.3. The standard InChI is InChI=1S/C23H35NO3/c1-15-7-6-11-22(2)13-18-19(20-23(15,22)27-20)17(21(25)26-18)14-24-12-10-16-8-4-3-5-9-16/h8,15,17-20,24H,3-7,9-14H2,1-2H3/t15-,17-,18+,19+,20-,22+,23-/m0/s1. The lowest BCUT2D eigenvalue weighted by atomic mass is 9.53. The molecule has 150 valence electrons. The van der Waals surface area contributed by atoms with E-state index in [-0.39, 0.29) is 41.0 Å². The third-order valence-electron chi connectivity index (χ3n) is 8.57. The van der Waals surface area contributed by atoms with Crippen molar-refractivity contribution >= 4 is 5.97 Å². The van der Waals surface area contributed by atoms with E-state index in [0.29, 0.717) is 5.92 Å². The zero-order valence-electron chi connectivity index (χ0n) is 17.0. The van der Waals surface area contributed by atoms with Gasteiger partial charge in [-0.05, 0) is 63.8 Å². The summed E-state index contributed by atoms with van der Waals surface area (Å²) in [5.74, 6) is 0.839. The SMILES string of the molecule is C[C@H]1CCC[C@]2(C)C[C@H]3OC(=O)[C@@H](CNCCC4=CCCCC4)[C@H]3[C@@H]3O[C@@]132. The minimum Gasteiger partial charge on any atom is -0.462 e. The average molecular weight is 374 g/mol. The van der Waals surface area contributed by atoms with Crippen molar-refractivity contribution in [2.75, 3.05) is 13.1 Å². The Morgan fingerprint density at radius 1 is 1.30 bits per heavy atom. The third-order valence-corrected chi connectivity index (χ3v) is 8.57. The Morgan fingerprint density at radius 2 is 2.19 bits per heavy atom. The molecule has 4 fully saturated rings. The van der Waals surface area contributed by atoms with Crippen LogP contribution in [0.25, 0.3) is 0 Å². The number of nitrogens with one attached hydrogen (secondary N) is 1. The van der Waals surface area contributed by atoms with Crippen LogP contribution in [0.3, 0.4) is 0 Å². The van der Waals surface area contributed by atoms with E-state index in [1.165, 1.54) is 44.9 Å². The molecule has 2 saturated carbocycles. The van der Waals surface area contributed by atoms with Gasteiger partial charge in [0.1, 0.15) is 11.7 Å². The fraction of sp³-hybridized carbons (Fsp3) is 0.870. The van der Waals surface area contributed by atoms with Crippen molar-refractivity contribution in [1.82, 2.24) is 5.32 Å². The zero-order chi connectivity index (χ0) is 18.6. The van der Waals surface area contributed by atoms with Gasteiger partial charge in [0, 0.05) is 17.9 Å². The fourth-order valence-corrected chi connectivity index (χ4v) is 7.10. The van der Waals surface area contributed by atoms with Crippen LogP contribution in [0, 0.1) is 23.2 Å². The molecule has 2 heterocycles. The molecule has 27 heavy (non-hydrogen) atoms. The van der Waals surface area contributed by atoms with Crippen molar-refractivity contribution in [3.05, 3.63) is 11.6 Å². The Bertz CT molecular complexity index is 646. The predicted molar refractivity (Wildman–Crippen MR) is 104 cm³/mol. The topological polar surface area (TPSA) is 50.9 Å². The van der Waals surface area contributed by atoms with Crippen molar-refractivity contribution in [3.63, 3.8) is 0 Å². The third kappa shape index (κ3) is 2.73. The number of carbonyl (C=O) groups is 1. The maximum Gasteiger partial charge on any atom is 0.311 e. The Hall–Kier alpha value is -0.870. The lowest BCUT2D eigenvalue weighted by molar-refractivity contribution is -0.146. The number of hydrogen-bond acceptors (Lipinski definition) is 4. The summed E-state index contributed by atoms with van der Waals surface area (Å²) in [6, 6.07) is 0. The summed E-state index contributed by atoms with van der Waals surface area (Å²) >= 11 is 0. The Kier molecular flexibility index (Phi) is 4.43. The minimum atomic E-state index is -0.0293. The van der Waals surface area contributed by atoms with Crippen LogP contribution >= 0.6 is 0 Å². The Balaban J connectivity index is 1.23. The van der Waals surface area contributed by atoms with E-state index < -0.39 is 0 Å². The first kappa shape index (κ1) is 18.2. The number of hydrogen-bond donors (Lipinski definition) is 1. The number of allylic oxidation sites excluding steroid dienone is 1. The molecule has 1 N–H and O–H groups in total. The minimum absolute atomic E-state index is 0.00920. The lowest BCUT2D eigenvalue weighted by Crippen LogP contribution is -2.54. The molecule has 4 heteroatoms. The van der Waals surface area contributed by atoms with Crippen molar-refractivity contribution in [1.29, 1.82) is 0 Å². The largest absolute Gasteiger partial charge is 0.462 e. The van der Waals surface area contributed by atoms with Crippen LogP contribution in [0.15, 0.2) is 11.6 Å². The van der Waals surface area contributed by atoms with Gasteiger partial charge in [0.15, 0.2) is 0 Å². The molecule has 5 rings (SSSR count). The second kappa shape index (κ2) is 6.59. The van der Waals surface area contributed by atoms with Crippen molar-refractivity contribution in [2.24, 2.45) is 23.2 Å². The number of ether oxygens (including phenoxy) is 2. The summed E-state index contributed by atoms with van der Waals surface area (Å²) in [7, 11) is 0. The van der Waals surface area contributed by atoms with Gasteiger partial charge >= 0.3 is 5.97 Å². The van der Waals surface area contributed by atoms with Gasteiger partial charge in [-0.1, -0.05) is 31.9 Å². The van der Waals surface area contributed by atoms with Crippen molar-refractivity contribution < 1.29 is 14.3 Å². The van der Waals surface area contributed by atoms with Gasteiger partial charge in [0.2, 0.25) is 0 Å². The summed E-state index contributed by atoms with van der Waals surface area (Å²) in [6.45, 7) is 6.46. The highest BCUT2D eigenvalue weighted by Gasteiger charge is 2.78. The van der Waals surface area contributed by atoms with Crippen LogP contribution in [0.5, 0.6) is 0 Å². The summed E-state index contributed by atoms with van der Waals surface area (Å²) in [5.41, 5.74) is 1.80. The number of epoxide rings is 1. The zero-order valence-corrected chi connectivity index (χ0v) is 17.0. The highest BCUT2D eigenvalue weighted by Crippen LogP contribution is 2.70. The molecule has 2 saturated heterocycles. The van der Waals surface area contributed by atoms with Crippen LogP contribution < -0.4 is 5.32 Å². The summed E-state index contributed by atoms with van der Waals surface area (Å²) < 4.78 is 12.4. The molecule has 0 aromatic rings. The van der Waals surface area contributed by atoms with Gasteiger partial charge in [-0.3, -0.25) is 4.79 Å². The fourth-order valence-electron chi connectivity index (χ4n) is 7.10. The normalized spacial score (nSPS) is 48.1. The second-order valence-electron chi connectivity index (χ2n) is 10.1. The summed E-state index contributed by atoms with van der Waals surface area (Å²) in [6.07, 6.45) is 13.8. The molecular weight excluding hydrogens is 338 g/mol. The van der Waals surface area contributed by atoms with Gasteiger partial charge < -0.3 is 14.8 Å². The molecule has 1 spiro atoms. The quantitative estimate of drug-likeness (QED) is 0.343. The molecule has 4 nitrogen and oxygen atoms in total. The molecule has 0 aromatic heterocycles. The molecular formula is C23H35NO3. The van der Waals surface area contributed by atoms with E-state index in [2.05, 4.69) is 25.2 Å². The highest BCUT2D eigenvalue weighted by molar-refractivity contribution is 5.76. The van der Waals surface area contributed by atoms with Crippen LogP contribution in [-0.4, -0.2) is 36.9 Å². The Morgan fingerprint density at radius 3 is 3.00 bits per heavy atom. The first-order chi connectivity index (χ1) is 13.1. The number of carbonyl (C=O) groups excluding carboxylic acids is 1. The van der Waals surface area contributed by atoms with E-state index >= 15 is 0 Å². The van der Waals surface area contributed by atoms with E-state index in [0.717, 1.165) is 25.9 Å². The van der Waals surface area contributed by atoms with Crippen LogP contribution in [-0.2, 0) is 14.3 Å². The monoisotopic (exact) mass is 373 g/mol. The summed E-state index contributed by atoms with van der Waals surface area (Å²) in [5, 5.41) is 3.57. The predicted octanol–water partition coefficient (Wildman–Crippen LogP) is 3.99. The van der Waals surface area contributed by atoms with Gasteiger partial charge in [-0.2, -0.15) is 0 Å². The van der Waals surface area contributed by atoms with Gasteiger partial charge in [0.05, 0.1) is 12.0 Å². The van der Waals surface area contributed by atoms with Crippen LogP contribution in [0.2, 0.25) is 0 Å². The maximum absolute atomic E-state index is 12.7. The van der Waals surface area contributed by atoms with E-state index in [4.69, 9.17) is 9.47 Å². The van der Waals surface area contributed by atoms with Gasteiger partial charge in [-0.25, -0.2) is 0 Å². The molecule has 3 aliphatic carbocycles. The van der Waals surface area contributed by atoms with E-state index in [9.17, 15) is 4.79 Å². The van der Waals surface area contributed by atoms with E-state index in [1.54, 1.807) is 5.57 Å². The van der Waals surface area contributed by atoms with Crippen LogP contribution in [0.4, 0.5) is 0 Å². The Labute approximate surface area is 163 Å². The molecule has 0 radical (unpaired) electrons.